The summed E-state index contributed by atoms with van der Waals surface area (Å²) < 4.78 is 6.85. The molecule has 0 unspecified atom stereocenters. The van der Waals surface area contributed by atoms with Crippen molar-refractivity contribution in [3.8, 4) is 5.75 Å². The number of hydrogen-bond acceptors (Lipinski definition) is 3. The van der Waals surface area contributed by atoms with Crippen molar-refractivity contribution in [3.63, 3.8) is 0 Å². The molecule has 1 heterocycles. The Morgan fingerprint density at radius 2 is 2.10 bits per heavy atom. The Labute approximate surface area is 122 Å². The van der Waals surface area contributed by atoms with Gasteiger partial charge < -0.3 is 10.1 Å². The van der Waals surface area contributed by atoms with Crippen LogP contribution < -0.4 is 10.1 Å². The second-order valence-corrected chi connectivity index (χ2v) is 4.67. The predicted octanol–water partition coefficient (Wildman–Crippen LogP) is 2.88. The van der Waals surface area contributed by atoms with Gasteiger partial charge in [0.2, 0.25) is 5.91 Å². The van der Waals surface area contributed by atoms with Gasteiger partial charge in [0, 0.05) is 11.9 Å². The molecule has 2 aromatic rings. The number of amides is 1. The molecule has 1 N–H and O–H groups in total. The summed E-state index contributed by atoms with van der Waals surface area (Å²) in [7, 11) is 0. The lowest BCUT2D eigenvalue weighted by atomic mass is 10.3. The Bertz CT molecular complexity index is 573. The maximum Gasteiger partial charge on any atom is 0.246 e. The molecule has 0 aliphatic carbocycles. The molecule has 0 atom stereocenters. The van der Waals surface area contributed by atoms with Crippen molar-refractivity contribution >= 4 is 23.2 Å². The highest BCUT2D eigenvalue weighted by atomic mass is 35.5. The van der Waals surface area contributed by atoms with Gasteiger partial charge in [-0.25, -0.2) is 0 Å². The van der Waals surface area contributed by atoms with Crippen LogP contribution in [-0.4, -0.2) is 22.3 Å². The third kappa shape index (κ3) is 3.74. The Kier molecular flexibility index (Phi) is 4.63. The molecule has 0 aliphatic rings. The molecular weight excluding hydrogens is 278 g/mol. The first kappa shape index (κ1) is 14.4. The second kappa shape index (κ2) is 6.43. The summed E-state index contributed by atoms with van der Waals surface area (Å²) >= 11 is 5.89. The molecular formula is C14H16ClN3O2. The summed E-state index contributed by atoms with van der Waals surface area (Å²) in [5.41, 5.74) is 1.42. The zero-order valence-electron chi connectivity index (χ0n) is 11.4. The fraction of sp³-hybridized carbons (Fsp3) is 0.286. The lowest BCUT2D eigenvalue weighted by Crippen LogP contribution is -2.19. The number of anilines is 1. The van der Waals surface area contributed by atoms with E-state index in [-0.39, 0.29) is 12.5 Å². The third-order valence-electron chi connectivity index (χ3n) is 2.64. The maximum atomic E-state index is 11.9. The number of rotatable bonds is 5. The first-order chi connectivity index (χ1) is 9.58. The molecule has 0 saturated heterocycles. The van der Waals surface area contributed by atoms with E-state index in [1.807, 2.05) is 19.1 Å². The highest BCUT2D eigenvalue weighted by Gasteiger charge is 2.07. The number of nitrogens with one attached hydrogen (secondary N) is 1. The highest BCUT2D eigenvalue weighted by molar-refractivity contribution is 6.31. The Morgan fingerprint density at radius 1 is 1.40 bits per heavy atom. The maximum absolute atomic E-state index is 11.9. The lowest BCUT2D eigenvalue weighted by Gasteiger charge is -2.07. The minimum Gasteiger partial charge on any atom is -0.494 e. The first-order valence-corrected chi connectivity index (χ1v) is 6.68. The van der Waals surface area contributed by atoms with E-state index >= 15 is 0 Å². The SMILES string of the molecule is CCOc1ccc(NC(=O)Cn2cc(Cl)c(C)n2)cc1. The monoisotopic (exact) mass is 293 g/mol. The molecule has 6 heteroatoms. The minimum absolute atomic E-state index is 0.126. The molecule has 1 aromatic carbocycles. The van der Waals surface area contributed by atoms with Gasteiger partial charge in [-0.3, -0.25) is 9.48 Å². The van der Waals surface area contributed by atoms with Crippen LogP contribution in [0.1, 0.15) is 12.6 Å². The van der Waals surface area contributed by atoms with E-state index in [9.17, 15) is 4.79 Å². The summed E-state index contributed by atoms with van der Waals surface area (Å²) in [5, 5.41) is 7.48. The molecule has 0 radical (unpaired) electrons. The summed E-state index contributed by atoms with van der Waals surface area (Å²) in [6.07, 6.45) is 1.63. The van der Waals surface area contributed by atoms with E-state index in [1.54, 1.807) is 25.3 Å². The molecule has 0 bridgehead atoms. The number of benzene rings is 1. The second-order valence-electron chi connectivity index (χ2n) is 4.27. The number of aromatic nitrogens is 2. The first-order valence-electron chi connectivity index (χ1n) is 6.30. The molecule has 106 valence electrons. The van der Waals surface area contributed by atoms with E-state index in [2.05, 4.69) is 10.4 Å². The van der Waals surface area contributed by atoms with Crippen LogP contribution in [0.3, 0.4) is 0 Å². The van der Waals surface area contributed by atoms with Crippen molar-refractivity contribution in [1.29, 1.82) is 0 Å². The largest absolute Gasteiger partial charge is 0.494 e. The van der Waals surface area contributed by atoms with Gasteiger partial charge in [0.15, 0.2) is 0 Å². The smallest absolute Gasteiger partial charge is 0.246 e. The summed E-state index contributed by atoms with van der Waals surface area (Å²) in [6, 6.07) is 7.22. The van der Waals surface area contributed by atoms with Crippen LogP contribution >= 0.6 is 11.6 Å². The van der Waals surface area contributed by atoms with Crippen molar-refractivity contribution in [2.24, 2.45) is 0 Å². The zero-order valence-corrected chi connectivity index (χ0v) is 12.1. The molecule has 5 nitrogen and oxygen atoms in total. The molecule has 1 amide bonds. The minimum atomic E-state index is -0.159. The van der Waals surface area contributed by atoms with Crippen LogP contribution in [0.15, 0.2) is 30.5 Å². The number of hydrogen-bond donors (Lipinski definition) is 1. The summed E-state index contributed by atoms with van der Waals surface area (Å²) in [5.74, 6) is 0.619. The van der Waals surface area contributed by atoms with Crippen molar-refractivity contribution in [3.05, 3.63) is 41.2 Å². The Hall–Kier alpha value is -2.01. The lowest BCUT2D eigenvalue weighted by molar-refractivity contribution is -0.116. The van der Waals surface area contributed by atoms with E-state index in [4.69, 9.17) is 16.3 Å². The molecule has 0 fully saturated rings. The van der Waals surface area contributed by atoms with Gasteiger partial charge in [0.1, 0.15) is 12.3 Å². The molecule has 0 aliphatic heterocycles. The highest BCUT2D eigenvalue weighted by Crippen LogP contribution is 2.16. The summed E-state index contributed by atoms with van der Waals surface area (Å²) in [6.45, 7) is 4.46. The summed E-state index contributed by atoms with van der Waals surface area (Å²) in [4.78, 5) is 11.9. The van der Waals surface area contributed by atoms with E-state index in [1.165, 1.54) is 4.68 Å². The van der Waals surface area contributed by atoms with Gasteiger partial charge in [-0.05, 0) is 38.1 Å². The fourth-order valence-corrected chi connectivity index (χ4v) is 1.87. The van der Waals surface area contributed by atoms with Crippen LogP contribution in [0.25, 0.3) is 0 Å². The van der Waals surface area contributed by atoms with E-state index < -0.39 is 0 Å². The van der Waals surface area contributed by atoms with Crippen LogP contribution in [0.2, 0.25) is 5.02 Å². The number of carbonyl (C=O) groups excluding carboxylic acids is 1. The van der Waals surface area contributed by atoms with E-state index in [0.717, 1.165) is 5.75 Å². The van der Waals surface area contributed by atoms with Crippen LogP contribution in [0, 0.1) is 6.92 Å². The quantitative estimate of drug-likeness (QED) is 0.922. The van der Waals surface area contributed by atoms with Gasteiger partial charge in [0.05, 0.1) is 17.3 Å². The average molecular weight is 294 g/mol. The number of halogens is 1. The van der Waals surface area contributed by atoms with Crippen LogP contribution in [-0.2, 0) is 11.3 Å². The predicted molar refractivity (Wildman–Crippen MR) is 78.2 cm³/mol. The Morgan fingerprint density at radius 3 is 2.65 bits per heavy atom. The number of aryl methyl sites for hydroxylation is 1. The van der Waals surface area contributed by atoms with Gasteiger partial charge in [-0.1, -0.05) is 11.6 Å². The topological polar surface area (TPSA) is 56.1 Å². The fourth-order valence-electron chi connectivity index (χ4n) is 1.72. The number of ether oxygens (including phenoxy) is 1. The van der Waals surface area contributed by atoms with Crippen molar-refractivity contribution < 1.29 is 9.53 Å². The van der Waals surface area contributed by atoms with Gasteiger partial charge in [-0.15, -0.1) is 0 Å². The van der Waals surface area contributed by atoms with E-state index in [0.29, 0.717) is 23.0 Å². The number of nitrogens with zero attached hydrogens (tertiary/aromatic N) is 2. The molecule has 0 spiro atoms. The third-order valence-corrected chi connectivity index (χ3v) is 3.01. The zero-order chi connectivity index (χ0) is 14.5. The van der Waals surface area contributed by atoms with Crippen molar-refractivity contribution in [2.75, 3.05) is 11.9 Å². The number of carbonyl (C=O) groups is 1. The molecule has 20 heavy (non-hydrogen) atoms. The van der Waals surface area contributed by atoms with Crippen molar-refractivity contribution in [2.45, 2.75) is 20.4 Å². The normalized spacial score (nSPS) is 10.3. The Balaban J connectivity index is 1.93. The van der Waals surface area contributed by atoms with Crippen LogP contribution in [0.4, 0.5) is 5.69 Å². The van der Waals surface area contributed by atoms with Crippen LogP contribution in [0.5, 0.6) is 5.75 Å². The average Bonchev–Trinajstić information content (AvgIpc) is 2.71. The molecule has 1 aromatic heterocycles. The standard InChI is InChI=1S/C14H16ClN3O2/c1-3-20-12-6-4-11(5-7-12)16-14(19)9-18-8-13(15)10(2)17-18/h4-8H,3,9H2,1-2H3,(H,16,19). The molecule has 2 rings (SSSR count). The molecule has 0 saturated carbocycles. The van der Waals surface area contributed by atoms with Gasteiger partial charge in [-0.2, -0.15) is 5.10 Å². The van der Waals surface area contributed by atoms with Gasteiger partial charge in [0.25, 0.3) is 0 Å². The van der Waals surface area contributed by atoms with Crippen molar-refractivity contribution in [1.82, 2.24) is 9.78 Å². The van der Waals surface area contributed by atoms with Gasteiger partial charge >= 0.3 is 0 Å².